The number of carbonyl (C=O) groups is 2. The maximum absolute atomic E-state index is 13.4. The molecule has 2 aromatic rings. The van der Waals surface area contributed by atoms with E-state index in [1.807, 2.05) is 0 Å². The normalized spacial score (nSPS) is 14.8. The molecular formula is C20H18F4N2O3. The Hall–Kier alpha value is -3.10. The van der Waals surface area contributed by atoms with Gasteiger partial charge in [-0.3, -0.25) is 9.59 Å². The lowest BCUT2D eigenvalue weighted by molar-refractivity contribution is -0.137. The maximum atomic E-state index is 13.4. The SMILES string of the molecule is C[C@@H](Oc1ccc(F)cc1)C(=O)Nc1ccc(NC(=O)C2CC2)cc1C(F)(F)F. The molecule has 1 atom stereocenters. The second-order valence-electron chi connectivity index (χ2n) is 6.72. The molecule has 0 radical (unpaired) electrons. The first-order valence-corrected chi connectivity index (χ1v) is 8.88. The van der Waals surface area contributed by atoms with Gasteiger partial charge >= 0.3 is 6.18 Å². The first kappa shape index (κ1) is 20.6. The molecule has 1 fully saturated rings. The summed E-state index contributed by atoms with van der Waals surface area (Å²) in [7, 11) is 0. The van der Waals surface area contributed by atoms with Crippen molar-refractivity contribution >= 4 is 23.2 Å². The van der Waals surface area contributed by atoms with E-state index in [9.17, 15) is 27.2 Å². The number of nitrogens with one attached hydrogen (secondary N) is 2. The van der Waals surface area contributed by atoms with Crippen molar-refractivity contribution in [3.63, 3.8) is 0 Å². The van der Waals surface area contributed by atoms with E-state index in [0.717, 1.165) is 37.1 Å². The van der Waals surface area contributed by atoms with Crippen LogP contribution in [0.25, 0.3) is 0 Å². The molecular weight excluding hydrogens is 392 g/mol. The Labute approximate surface area is 164 Å². The Morgan fingerprint density at radius 3 is 2.31 bits per heavy atom. The van der Waals surface area contributed by atoms with Crippen LogP contribution in [-0.2, 0) is 15.8 Å². The lowest BCUT2D eigenvalue weighted by Crippen LogP contribution is -2.31. The third-order valence-corrected chi connectivity index (χ3v) is 4.29. The predicted molar refractivity (Wildman–Crippen MR) is 97.9 cm³/mol. The van der Waals surface area contributed by atoms with Crippen LogP contribution in [0.3, 0.4) is 0 Å². The van der Waals surface area contributed by atoms with Gasteiger partial charge in [0, 0.05) is 11.6 Å². The molecule has 0 spiro atoms. The summed E-state index contributed by atoms with van der Waals surface area (Å²) in [6.45, 7) is 1.36. The number of amides is 2. The van der Waals surface area contributed by atoms with Crippen molar-refractivity contribution in [2.75, 3.05) is 10.6 Å². The van der Waals surface area contributed by atoms with Gasteiger partial charge < -0.3 is 15.4 Å². The summed E-state index contributed by atoms with van der Waals surface area (Å²) < 4.78 is 58.6. The van der Waals surface area contributed by atoms with Crippen molar-refractivity contribution < 1.29 is 31.9 Å². The average molecular weight is 410 g/mol. The van der Waals surface area contributed by atoms with E-state index in [4.69, 9.17) is 4.74 Å². The van der Waals surface area contributed by atoms with Gasteiger partial charge in [-0.1, -0.05) is 0 Å². The van der Waals surface area contributed by atoms with Crippen LogP contribution in [0.1, 0.15) is 25.3 Å². The summed E-state index contributed by atoms with van der Waals surface area (Å²) in [5.74, 6) is -1.58. The van der Waals surface area contributed by atoms with Crippen molar-refractivity contribution in [3.8, 4) is 5.75 Å². The molecule has 1 saturated carbocycles. The molecule has 2 N–H and O–H groups in total. The Bertz CT molecular complexity index is 909. The van der Waals surface area contributed by atoms with E-state index in [1.165, 1.54) is 25.1 Å². The fourth-order valence-electron chi connectivity index (χ4n) is 2.56. The zero-order chi connectivity index (χ0) is 21.2. The summed E-state index contributed by atoms with van der Waals surface area (Å²) in [5, 5.41) is 4.64. The van der Waals surface area contributed by atoms with Crippen LogP contribution in [-0.4, -0.2) is 17.9 Å². The van der Waals surface area contributed by atoms with E-state index in [1.54, 1.807) is 0 Å². The second kappa shape index (κ2) is 8.10. The minimum atomic E-state index is -4.75. The molecule has 154 valence electrons. The molecule has 3 rings (SSSR count). The van der Waals surface area contributed by atoms with E-state index in [2.05, 4.69) is 10.6 Å². The number of alkyl halides is 3. The van der Waals surface area contributed by atoms with Crippen LogP contribution in [0.4, 0.5) is 28.9 Å². The molecule has 9 heteroatoms. The van der Waals surface area contributed by atoms with Crippen LogP contribution < -0.4 is 15.4 Å². The molecule has 29 heavy (non-hydrogen) atoms. The monoisotopic (exact) mass is 410 g/mol. The van der Waals surface area contributed by atoms with Crippen LogP contribution in [0.5, 0.6) is 5.75 Å². The Morgan fingerprint density at radius 2 is 1.72 bits per heavy atom. The Kier molecular flexibility index (Phi) is 5.76. The fourth-order valence-corrected chi connectivity index (χ4v) is 2.56. The van der Waals surface area contributed by atoms with Crippen molar-refractivity contribution in [1.29, 1.82) is 0 Å². The summed E-state index contributed by atoms with van der Waals surface area (Å²) in [6.07, 6.45) is -4.43. The number of carbonyl (C=O) groups excluding carboxylic acids is 2. The smallest absolute Gasteiger partial charge is 0.418 e. The van der Waals surface area contributed by atoms with Gasteiger partial charge in [0.05, 0.1) is 11.3 Å². The van der Waals surface area contributed by atoms with Crippen molar-refractivity contribution in [2.24, 2.45) is 5.92 Å². The van der Waals surface area contributed by atoms with Gasteiger partial charge in [-0.05, 0) is 62.2 Å². The summed E-state index contributed by atoms with van der Waals surface area (Å²) in [4.78, 5) is 24.1. The van der Waals surface area contributed by atoms with Crippen molar-refractivity contribution in [3.05, 3.63) is 53.8 Å². The number of hydrogen-bond acceptors (Lipinski definition) is 3. The topological polar surface area (TPSA) is 67.4 Å². The molecule has 0 aliphatic heterocycles. The van der Waals surface area contributed by atoms with Gasteiger partial charge in [0.1, 0.15) is 11.6 Å². The molecule has 0 aromatic heterocycles. The Balaban J connectivity index is 1.73. The van der Waals surface area contributed by atoms with Crippen LogP contribution in [0, 0.1) is 11.7 Å². The van der Waals surface area contributed by atoms with Crippen molar-refractivity contribution in [1.82, 2.24) is 0 Å². The number of rotatable bonds is 6. The first-order valence-electron chi connectivity index (χ1n) is 8.88. The minimum absolute atomic E-state index is 0.00262. The van der Waals surface area contributed by atoms with E-state index in [-0.39, 0.29) is 23.3 Å². The van der Waals surface area contributed by atoms with Crippen LogP contribution in [0.15, 0.2) is 42.5 Å². The third-order valence-electron chi connectivity index (χ3n) is 4.29. The number of anilines is 2. The lowest BCUT2D eigenvalue weighted by atomic mass is 10.1. The summed E-state index contributed by atoms with van der Waals surface area (Å²) in [6, 6.07) is 8.02. The van der Waals surface area contributed by atoms with E-state index in [0.29, 0.717) is 0 Å². The highest BCUT2D eigenvalue weighted by Crippen LogP contribution is 2.37. The zero-order valence-corrected chi connectivity index (χ0v) is 15.3. The second-order valence-corrected chi connectivity index (χ2v) is 6.72. The average Bonchev–Trinajstić information content (AvgIpc) is 3.49. The molecule has 2 aromatic carbocycles. The molecule has 2 amide bonds. The lowest BCUT2D eigenvalue weighted by Gasteiger charge is -2.18. The van der Waals surface area contributed by atoms with Gasteiger partial charge in [-0.15, -0.1) is 0 Å². The molecule has 1 aliphatic rings. The third kappa shape index (κ3) is 5.46. The van der Waals surface area contributed by atoms with E-state index >= 15 is 0 Å². The first-order chi connectivity index (χ1) is 13.6. The molecule has 1 aliphatic carbocycles. The highest BCUT2D eigenvalue weighted by molar-refractivity contribution is 5.97. The van der Waals surface area contributed by atoms with Crippen molar-refractivity contribution in [2.45, 2.75) is 32.0 Å². The standard InChI is InChI=1S/C20H18F4N2O3/c1-11(29-15-7-4-13(21)5-8-15)18(27)26-17-9-6-14(10-16(17)20(22,23)24)25-19(28)12-2-3-12/h4-12H,2-3H2,1H3,(H,25,28)(H,26,27)/t11-/m1/s1. The number of benzene rings is 2. The van der Waals surface area contributed by atoms with Gasteiger partial charge in [-0.25, -0.2) is 4.39 Å². The molecule has 5 nitrogen and oxygen atoms in total. The predicted octanol–water partition coefficient (Wildman–Crippen LogP) is 4.60. The maximum Gasteiger partial charge on any atom is 0.418 e. The van der Waals surface area contributed by atoms with Crippen LogP contribution in [0.2, 0.25) is 0 Å². The van der Waals surface area contributed by atoms with Crippen LogP contribution >= 0.6 is 0 Å². The molecule has 0 saturated heterocycles. The largest absolute Gasteiger partial charge is 0.481 e. The fraction of sp³-hybridized carbons (Fsp3) is 0.300. The highest BCUT2D eigenvalue weighted by Gasteiger charge is 2.35. The summed E-state index contributed by atoms with van der Waals surface area (Å²) in [5.41, 5.74) is -1.54. The molecule has 0 bridgehead atoms. The molecule has 0 unspecified atom stereocenters. The zero-order valence-electron chi connectivity index (χ0n) is 15.3. The number of halogens is 4. The molecule has 0 heterocycles. The minimum Gasteiger partial charge on any atom is -0.481 e. The van der Waals surface area contributed by atoms with Gasteiger partial charge in [-0.2, -0.15) is 13.2 Å². The van der Waals surface area contributed by atoms with E-state index < -0.39 is 35.3 Å². The number of hydrogen-bond donors (Lipinski definition) is 2. The Morgan fingerprint density at radius 1 is 1.07 bits per heavy atom. The highest BCUT2D eigenvalue weighted by atomic mass is 19.4. The van der Waals surface area contributed by atoms with Gasteiger partial charge in [0.15, 0.2) is 6.10 Å². The van der Waals surface area contributed by atoms with Gasteiger partial charge in [0.2, 0.25) is 5.91 Å². The quantitative estimate of drug-likeness (QED) is 0.684. The summed E-state index contributed by atoms with van der Waals surface area (Å²) >= 11 is 0. The number of ether oxygens (including phenoxy) is 1. The van der Waals surface area contributed by atoms with Gasteiger partial charge in [0.25, 0.3) is 5.91 Å².